The molecule has 0 saturated carbocycles. The van der Waals surface area contributed by atoms with Gasteiger partial charge in [0.15, 0.2) is 11.0 Å². The highest BCUT2D eigenvalue weighted by atomic mass is 35.5. The van der Waals surface area contributed by atoms with Crippen molar-refractivity contribution in [2.24, 2.45) is 0 Å². The lowest BCUT2D eigenvalue weighted by molar-refractivity contribution is 0.0949. The summed E-state index contributed by atoms with van der Waals surface area (Å²) >= 11 is 9.46. The Balaban J connectivity index is 1.30. The molecule has 3 aromatic heterocycles. The zero-order valence-electron chi connectivity index (χ0n) is 20.0. The van der Waals surface area contributed by atoms with Crippen LogP contribution in [-0.2, 0) is 12.2 Å². The van der Waals surface area contributed by atoms with Gasteiger partial charge in [-0.15, -0.1) is 21.5 Å². The molecule has 10 heteroatoms. The fourth-order valence-electron chi connectivity index (χ4n) is 3.66. The van der Waals surface area contributed by atoms with Crippen LogP contribution in [0.25, 0.3) is 17.1 Å². The summed E-state index contributed by atoms with van der Waals surface area (Å²) in [6, 6.07) is 21.5. The molecule has 1 amide bonds. The molecule has 0 saturated heterocycles. The molecule has 37 heavy (non-hydrogen) atoms. The Kier molecular flexibility index (Phi) is 7.93. The SMILES string of the molecule is Cc1ccc(-n2c(SCc3nc(C(=O)NCCc4ccccn4)cs3)nnc2-c2ccccc2Cl)cc1. The average Bonchev–Trinajstić information content (AvgIpc) is 3.56. The minimum atomic E-state index is -0.188. The van der Waals surface area contributed by atoms with Gasteiger partial charge in [0, 0.05) is 41.5 Å². The van der Waals surface area contributed by atoms with Gasteiger partial charge in [-0.25, -0.2) is 4.98 Å². The van der Waals surface area contributed by atoms with Crippen LogP contribution < -0.4 is 5.32 Å². The molecule has 2 aromatic carbocycles. The van der Waals surface area contributed by atoms with E-state index in [1.807, 2.05) is 59.2 Å². The first kappa shape index (κ1) is 25.1. The first-order valence-electron chi connectivity index (χ1n) is 11.6. The number of thiazole rings is 1. The second kappa shape index (κ2) is 11.7. The van der Waals surface area contributed by atoms with Gasteiger partial charge in [0.1, 0.15) is 10.7 Å². The number of halogens is 1. The lowest BCUT2D eigenvalue weighted by Crippen LogP contribution is -2.26. The number of rotatable bonds is 9. The predicted octanol–water partition coefficient (Wildman–Crippen LogP) is 6.01. The van der Waals surface area contributed by atoms with E-state index in [-0.39, 0.29) is 5.91 Å². The van der Waals surface area contributed by atoms with E-state index >= 15 is 0 Å². The number of benzene rings is 2. The number of nitrogens with one attached hydrogen (secondary N) is 1. The van der Waals surface area contributed by atoms with Crippen LogP contribution in [0.5, 0.6) is 0 Å². The van der Waals surface area contributed by atoms with E-state index in [0.29, 0.717) is 35.3 Å². The molecular weight excluding hydrogens is 524 g/mol. The normalized spacial score (nSPS) is 11.0. The third kappa shape index (κ3) is 6.07. The number of nitrogens with zero attached hydrogens (tertiary/aromatic N) is 5. The van der Waals surface area contributed by atoms with Gasteiger partial charge in [-0.2, -0.15) is 0 Å². The second-order valence-electron chi connectivity index (χ2n) is 8.20. The van der Waals surface area contributed by atoms with Gasteiger partial charge in [0.2, 0.25) is 0 Å². The highest BCUT2D eigenvalue weighted by molar-refractivity contribution is 7.98. The summed E-state index contributed by atoms with van der Waals surface area (Å²) in [6.45, 7) is 2.55. The van der Waals surface area contributed by atoms with Crippen molar-refractivity contribution in [2.45, 2.75) is 24.3 Å². The number of pyridine rings is 1. The summed E-state index contributed by atoms with van der Waals surface area (Å²) in [5, 5.41) is 15.8. The fourth-order valence-corrected chi connectivity index (χ4v) is 5.62. The molecule has 0 aliphatic heterocycles. The van der Waals surface area contributed by atoms with E-state index in [4.69, 9.17) is 11.6 Å². The number of aromatic nitrogens is 5. The molecule has 5 rings (SSSR count). The van der Waals surface area contributed by atoms with Crippen LogP contribution in [0, 0.1) is 6.92 Å². The van der Waals surface area contributed by atoms with Gasteiger partial charge in [-0.05, 0) is 43.3 Å². The first-order chi connectivity index (χ1) is 18.1. The molecular formula is C27H23ClN6OS2. The molecule has 1 N–H and O–H groups in total. The maximum Gasteiger partial charge on any atom is 0.270 e. The summed E-state index contributed by atoms with van der Waals surface area (Å²) in [4.78, 5) is 21.4. The third-order valence-electron chi connectivity index (χ3n) is 5.54. The van der Waals surface area contributed by atoms with E-state index < -0.39 is 0 Å². The molecule has 186 valence electrons. The van der Waals surface area contributed by atoms with Crippen LogP contribution in [0.3, 0.4) is 0 Å². The zero-order valence-corrected chi connectivity index (χ0v) is 22.4. The molecule has 0 fully saturated rings. The van der Waals surface area contributed by atoms with Crippen molar-refractivity contribution in [1.29, 1.82) is 0 Å². The molecule has 0 bridgehead atoms. The Morgan fingerprint density at radius 2 is 1.86 bits per heavy atom. The van der Waals surface area contributed by atoms with Gasteiger partial charge in [-0.1, -0.05) is 59.3 Å². The Morgan fingerprint density at radius 1 is 1.05 bits per heavy atom. The van der Waals surface area contributed by atoms with Gasteiger partial charge in [-0.3, -0.25) is 14.3 Å². The fraction of sp³-hybridized carbons (Fsp3) is 0.148. The first-order valence-corrected chi connectivity index (χ1v) is 13.9. The number of hydrogen-bond acceptors (Lipinski definition) is 7. The van der Waals surface area contributed by atoms with Crippen molar-refractivity contribution in [2.75, 3.05) is 6.54 Å². The zero-order chi connectivity index (χ0) is 25.6. The summed E-state index contributed by atoms with van der Waals surface area (Å²) in [6.07, 6.45) is 2.42. The Hall–Kier alpha value is -3.53. The number of amides is 1. The van der Waals surface area contributed by atoms with E-state index in [9.17, 15) is 4.79 Å². The molecule has 0 unspecified atom stereocenters. The van der Waals surface area contributed by atoms with Crippen molar-refractivity contribution in [1.82, 2.24) is 30.0 Å². The predicted molar refractivity (Wildman–Crippen MR) is 148 cm³/mol. The van der Waals surface area contributed by atoms with Crippen molar-refractivity contribution in [3.63, 3.8) is 0 Å². The van der Waals surface area contributed by atoms with Crippen LogP contribution in [0.1, 0.15) is 26.8 Å². The second-order valence-corrected chi connectivity index (χ2v) is 10.5. The monoisotopic (exact) mass is 546 g/mol. The molecule has 0 radical (unpaired) electrons. The molecule has 3 heterocycles. The minimum Gasteiger partial charge on any atom is -0.350 e. The van der Waals surface area contributed by atoms with Crippen LogP contribution in [0.15, 0.2) is 83.5 Å². The number of thioether (sulfide) groups is 1. The van der Waals surface area contributed by atoms with E-state index in [0.717, 1.165) is 27.1 Å². The van der Waals surface area contributed by atoms with E-state index in [2.05, 4.69) is 44.5 Å². The molecule has 0 spiro atoms. The number of hydrogen-bond donors (Lipinski definition) is 1. The van der Waals surface area contributed by atoms with Gasteiger partial charge < -0.3 is 5.32 Å². The van der Waals surface area contributed by atoms with E-state index in [1.165, 1.54) is 28.7 Å². The molecule has 0 atom stereocenters. The van der Waals surface area contributed by atoms with Crippen molar-refractivity contribution >= 4 is 40.6 Å². The Morgan fingerprint density at radius 3 is 2.65 bits per heavy atom. The largest absolute Gasteiger partial charge is 0.350 e. The smallest absolute Gasteiger partial charge is 0.270 e. The minimum absolute atomic E-state index is 0.188. The quantitative estimate of drug-likeness (QED) is 0.228. The number of carbonyl (C=O) groups is 1. The molecule has 0 aliphatic rings. The summed E-state index contributed by atoms with van der Waals surface area (Å²) in [7, 11) is 0. The van der Waals surface area contributed by atoms with Crippen LogP contribution in [0.4, 0.5) is 0 Å². The topological polar surface area (TPSA) is 85.6 Å². The van der Waals surface area contributed by atoms with Crippen LogP contribution in [0.2, 0.25) is 5.02 Å². The average molecular weight is 547 g/mol. The number of carbonyl (C=O) groups excluding carboxylic acids is 1. The van der Waals surface area contributed by atoms with Crippen molar-refractivity contribution in [3.8, 4) is 17.1 Å². The third-order valence-corrected chi connectivity index (χ3v) is 7.84. The summed E-state index contributed by atoms with van der Waals surface area (Å²) < 4.78 is 2.00. The van der Waals surface area contributed by atoms with Gasteiger partial charge in [0.05, 0.1) is 10.8 Å². The van der Waals surface area contributed by atoms with Gasteiger partial charge in [0.25, 0.3) is 5.91 Å². The van der Waals surface area contributed by atoms with Crippen molar-refractivity contribution in [3.05, 3.63) is 105 Å². The lowest BCUT2D eigenvalue weighted by atomic mass is 10.2. The molecule has 5 aromatic rings. The maximum atomic E-state index is 12.5. The summed E-state index contributed by atoms with van der Waals surface area (Å²) in [5.74, 6) is 1.04. The lowest BCUT2D eigenvalue weighted by Gasteiger charge is -2.11. The Bertz CT molecular complexity index is 1500. The molecule has 7 nitrogen and oxygen atoms in total. The molecule has 0 aliphatic carbocycles. The van der Waals surface area contributed by atoms with Crippen LogP contribution in [-0.4, -0.2) is 37.2 Å². The standard InChI is InChI=1S/C27H23ClN6OS2/c1-18-9-11-20(12-10-18)34-25(21-7-2-3-8-22(21)28)32-33-27(34)37-17-24-31-23(16-36-24)26(35)30-15-13-19-6-4-5-14-29-19/h2-12,14,16H,13,15,17H2,1H3,(H,30,35). The number of aryl methyl sites for hydroxylation is 1. The highest BCUT2D eigenvalue weighted by Crippen LogP contribution is 2.33. The van der Waals surface area contributed by atoms with Crippen molar-refractivity contribution < 1.29 is 4.79 Å². The van der Waals surface area contributed by atoms with Gasteiger partial charge >= 0.3 is 0 Å². The Labute approximate surface area is 228 Å². The van der Waals surface area contributed by atoms with E-state index in [1.54, 1.807) is 11.6 Å². The van der Waals surface area contributed by atoms with Crippen LogP contribution >= 0.6 is 34.7 Å². The maximum absolute atomic E-state index is 12.5. The summed E-state index contributed by atoms with van der Waals surface area (Å²) in [5.41, 5.74) is 4.27. The highest BCUT2D eigenvalue weighted by Gasteiger charge is 2.19.